The predicted octanol–water partition coefficient (Wildman–Crippen LogP) is 2.43. The van der Waals surface area contributed by atoms with E-state index in [1.54, 1.807) is 30.3 Å². The van der Waals surface area contributed by atoms with Gasteiger partial charge in [-0.15, -0.1) is 0 Å². The van der Waals surface area contributed by atoms with Gasteiger partial charge in [0.25, 0.3) is 5.91 Å². The maximum absolute atomic E-state index is 14.0. The third-order valence-corrected chi connectivity index (χ3v) is 7.51. The number of benzene rings is 2. The molecule has 2 fully saturated rings. The number of likely N-dealkylation sites (N-methyl/N-ethyl adjacent to an activating group) is 1. The van der Waals surface area contributed by atoms with Gasteiger partial charge in [-0.1, -0.05) is 24.3 Å². The molecule has 3 heterocycles. The molecular weight excluding hydrogens is 518 g/mol. The molecule has 4 atom stereocenters. The number of hydrogen-bond donors (Lipinski definition) is 3. The van der Waals surface area contributed by atoms with E-state index in [9.17, 15) is 18.4 Å². The number of amides is 2. The van der Waals surface area contributed by atoms with Crippen molar-refractivity contribution in [3.05, 3.63) is 78.0 Å². The SMILES string of the molecule is CN(C)C/C=C/C(=O)N1CCC[C@@H](N2C=C(c3ccc(Oc4c(F)cccc4F)cc3)C3C(N)NNC(=O)C32)C1. The Morgan fingerprint density at radius 1 is 1.18 bits per heavy atom. The average Bonchev–Trinajstić information content (AvgIpc) is 3.35. The van der Waals surface area contributed by atoms with Crippen LogP contribution in [0.4, 0.5) is 8.78 Å². The fourth-order valence-electron chi connectivity index (χ4n) is 5.57. The second-order valence-corrected chi connectivity index (χ2v) is 10.6. The Morgan fingerprint density at radius 3 is 2.60 bits per heavy atom. The molecule has 4 N–H and O–H groups in total. The Kier molecular flexibility index (Phi) is 8.15. The lowest BCUT2D eigenvalue weighted by atomic mass is 9.86. The third kappa shape index (κ3) is 5.72. The molecule has 3 aliphatic heterocycles. The van der Waals surface area contributed by atoms with Crippen LogP contribution in [-0.2, 0) is 9.59 Å². The molecule has 3 unspecified atom stereocenters. The van der Waals surface area contributed by atoms with E-state index >= 15 is 0 Å². The molecule has 9 nitrogen and oxygen atoms in total. The molecule has 2 aromatic carbocycles. The van der Waals surface area contributed by atoms with E-state index in [-0.39, 0.29) is 29.5 Å². The first-order valence-corrected chi connectivity index (χ1v) is 13.4. The summed E-state index contributed by atoms with van der Waals surface area (Å²) in [6.07, 6.45) is 6.53. The van der Waals surface area contributed by atoms with Gasteiger partial charge in [0, 0.05) is 43.9 Å². The van der Waals surface area contributed by atoms with Crippen molar-refractivity contribution >= 4 is 17.4 Å². The molecule has 40 heavy (non-hydrogen) atoms. The normalized spacial score (nSPS) is 24.8. The van der Waals surface area contributed by atoms with Crippen molar-refractivity contribution in [1.82, 2.24) is 25.6 Å². The molecule has 11 heteroatoms. The summed E-state index contributed by atoms with van der Waals surface area (Å²) in [6.45, 7) is 1.83. The summed E-state index contributed by atoms with van der Waals surface area (Å²) in [6, 6.07) is 9.76. The van der Waals surface area contributed by atoms with Gasteiger partial charge in [-0.2, -0.15) is 0 Å². The summed E-state index contributed by atoms with van der Waals surface area (Å²) in [5, 5.41) is 0. The van der Waals surface area contributed by atoms with Gasteiger partial charge in [0.15, 0.2) is 17.4 Å². The molecule has 212 valence electrons. The molecule has 0 radical (unpaired) electrons. The number of nitrogens with two attached hydrogens (primary N) is 1. The number of hydrazine groups is 1. The average molecular weight is 553 g/mol. The molecule has 0 spiro atoms. The van der Waals surface area contributed by atoms with Gasteiger partial charge in [-0.25, -0.2) is 14.2 Å². The van der Waals surface area contributed by atoms with Crippen LogP contribution in [-0.4, -0.2) is 78.5 Å². The predicted molar refractivity (Wildman–Crippen MR) is 147 cm³/mol. The van der Waals surface area contributed by atoms with Crippen molar-refractivity contribution in [2.24, 2.45) is 11.7 Å². The first-order chi connectivity index (χ1) is 19.2. The lowest BCUT2D eigenvalue weighted by Crippen LogP contribution is -2.67. The minimum Gasteiger partial charge on any atom is -0.451 e. The number of halogens is 2. The molecule has 5 rings (SSSR count). The van der Waals surface area contributed by atoms with E-state index in [1.165, 1.54) is 6.07 Å². The highest BCUT2D eigenvalue weighted by Gasteiger charge is 2.49. The summed E-state index contributed by atoms with van der Waals surface area (Å²) in [5.41, 5.74) is 13.7. The maximum atomic E-state index is 14.0. The van der Waals surface area contributed by atoms with Crippen LogP contribution in [0.5, 0.6) is 11.5 Å². The quantitative estimate of drug-likeness (QED) is 0.454. The van der Waals surface area contributed by atoms with Crippen molar-refractivity contribution in [3.63, 3.8) is 0 Å². The van der Waals surface area contributed by atoms with Crippen LogP contribution in [0.2, 0.25) is 0 Å². The largest absolute Gasteiger partial charge is 0.451 e. The highest BCUT2D eigenvalue weighted by atomic mass is 19.1. The Labute approximate surface area is 232 Å². The summed E-state index contributed by atoms with van der Waals surface area (Å²) in [4.78, 5) is 31.8. The second-order valence-electron chi connectivity index (χ2n) is 10.6. The van der Waals surface area contributed by atoms with Crippen molar-refractivity contribution < 1.29 is 23.1 Å². The number of hydrogen-bond acceptors (Lipinski definition) is 7. The summed E-state index contributed by atoms with van der Waals surface area (Å²) in [5.74, 6) is -2.37. The van der Waals surface area contributed by atoms with Crippen molar-refractivity contribution in [2.45, 2.75) is 31.1 Å². The van der Waals surface area contributed by atoms with E-state index in [0.717, 1.165) is 36.1 Å². The van der Waals surface area contributed by atoms with Crippen LogP contribution >= 0.6 is 0 Å². The number of carbonyl (C=O) groups excluding carboxylic acids is 2. The van der Waals surface area contributed by atoms with Crippen molar-refractivity contribution in [1.29, 1.82) is 0 Å². The van der Waals surface area contributed by atoms with Gasteiger partial charge in [-0.3, -0.25) is 15.0 Å². The molecule has 0 bridgehead atoms. The number of para-hydroxylation sites is 1. The number of likely N-dealkylation sites (tertiary alicyclic amines) is 1. The first kappa shape index (κ1) is 27.8. The van der Waals surface area contributed by atoms with Crippen LogP contribution < -0.4 is 21.3 Å². The number of piperidine rings is 1. The van der Waals surface area contributed by atoms with Gasteiger partial charge < -0.3 is 25.2 Å². The van der Waals surface area contributed by atoms with Crippen LogP contribution in [0.25, 0.3) is 5.57 Å². The zero-order valence-corrected chi connectivity index (χ0v) is 22.5. The molecule has 0 saturated carbocycles. The number of ether oxygens (including phenoxy) is 1. The number of carbonyl (C=O) groups is 2. The summed E-state index contributed by atoms with van der Waals surface area (Å²) < 4.78 is 33.6. The second kappa shape index (κ2) is 11.7. The molecule has 2 amide bonds. The van der Waals surface area contributed by atoms with Gasteiger partial charge in [0.2, 0.25) is 5.91 Å². The lowest BCUT2D eigenvalue weighted by molar-refractivity contribution is -0.132. The van der Waals surface area contributed by atoms with E-state index < -0.39 is 29.6 Å². The molecule has 2 saturated heterocycles. The fourth-order valence-corrected chi connectivity index (χ4v) is 5.57. The van der Waals surface area contributed by atoms with E-state index in [4.69, 9.17) is 10.5 Å². The van der Waals surface area contributed by atoms with E-state index in [0.29, 0.717) is 19.6 Å². The Morgan fingerprint density at radius 2 is 1.90 bits per heavy atom. The number of rotatable bonds is 7. The highest BCUT2D eigenvalue weighted by molar-refractivity contribution is 5.89. The van der Waals surface area contributed by atoms with Crippen molar-refractivity contribution in [2.75, 3.05) is 33.7 Å². The summed E-state index contributed by atoms with van der Waals surface area (Å²) >= 11 is 0. The molecule has 2 aromatic rings. The van der Waals surface area contributed by atoms with E-state index in [2.05, 4.69) is 10.9 Å². The van der Waals surface area contributed by atoms with Crippen LogP contribution in [0.15, 0.2) is 60.8 Å². The smallest absolute Gasteiger partial charge is 0.257 e. The van der Waals surface area contributed by atoms with Crippen LogP contribution in [0, 0.1) is 17.6 Å². The summed E-state index contributed by atoms with van der Waals surface area (Å²) in [7, 11) is 3.88. The van der Waals surface area contributed by atoms with Crippen LogP contribution in [0.3, 0.4) is 0 Å². The topological polar surface area (TPSA) is 103 Å². The maximum Gasteiger partial charge on any atom is 0.257 e. The zero-order valence-electron chi connectivity index (χ0n) is 22.5. The molecule has 0 aliphatic carbocycles. The highest BCUT2D eigenvalue weighted by Crippen LogP contribution is 2.41. The minimum absolute atomic E-state index is 0.0418. The molecule has 3 aliphatic rings. The molecular formula is C29H34F2N6O3. The van der Waals surface area contributed by atoms with Gasteiger partial charge in [0.05, 0.1) is 6.17 Å². The zero-order chi connectivity index (χ0) is 28.4. The van der Waals surface area contributed by atoms with E-state index in [1.807, 2.05) is 41.1 Å². The standard InChI is InChI=1S/C29H34F2N6O3/c1-35(2)14-5-9-24(38)36-15-4-6-19(16-36)37-17-21(25-26(37)29(39)34-33-28(25)32)18-10-12-20(13-11-18)40-27-22(30)7-3-8-23(27)31/h3,5,7-13,17,19,25-26,28,33H,4,6,14-16,32H2,1-2H3,(H,34,39)/b9-5+/t19-,25?,26?,28?/m1/s1. The Hall–Kier alpha value is -3.80. The Balaban J connectivity index is 1.38. The van der Waals surface area contributed by atoms with Gasteiger partial charge >= 0.3 is 0 Å². The van der Waals surface area contributed by atoms with Gasteiger partial charge in [0.1, 0.15) is 11.8 Å². The number of nitrogens with one attached hydrogen (secondary N) is 2. The minimum atomic E-state index is -0.792. The number of nitrogens with zero attached hydrogens (tertiary/aromatic N) is 3. The third-order valence-electron chi connectivity index (χ3n) is 7.51. The number of fused-ring (bicyclic) bond motifs is 1. The lowest BCUT2D eigenvalue weighted by Gasteiger charge is -2.43. The molecule has 0 aromatic heterocycles. The fraction of sp³-hybridized carbons (Fsp3) is 0.379. The first-order valence-electron chi connectivity index (χ1n) is 13.4. The van der Waals surface area contributed by atoms with Crippen LogP contribution in [0.1, 0.15) is 18.4 Å². The van der Waals surface area contributed by atoms with Gasteiger partial charge in [-0.05, 0) is 62.3 Å². The van der Waals surface area contributed by atoms with Crippen molar-refractivity contribution in [3.8, 4) is 11.5 Å². The Bertz CT molecular complexity index is 1300. The monoisotopic (exact) mass is 552 g/mol.